The fourth-order valence-corrected chi connectivity index (χ4v) is 5.85. The van der Waals surface area contributed by atoms with Gasteiger partial charge >= 0.3 is 0 Å². The van der Waals surface area contributed by atoms with Crippen molar-refractivity contribution in [2.45, 2.75) is 63.4 Å². The molecular formula is C24H31N5O3S. The molecule has 176 valence electrons. The first-order valence-corrected chi connectivity index (χ1v) is 13.0. The number of hydrogen-bond donors (Lipinski definition) is 1. The molecule has 33 heavy (non-hydrogen) atoms. The number of amides is 1. The zero-order valence-electron chi connectivity index (χ0n) is 19.2. The van der Waals surface area contributed by atoms with Crippen molar-refractivity contribution in [3.8, 4) is 0 Å². The van der Waals surface area contributed by atoms with E-state index < -0.39 is 10.0 Å². The summed E-state index contributed by atoms with van der Waals surface area (Å²) in [4.78, 5) is 21.7. The highest BCUT2D eigenvalue weighted by atomic mass is 32.2. The molecule has 1 amide bonds. The van der Waals surface area contributed by atoms with E-state index in [4.69, 9.17) is 4.98 Å². The largest absolute Gasteiger partial charge is 0.350 e. The van der Waals surface area contributed by atoms with Gasteiger partial charge in [0.05, 0.1) is 22.0 Å². The van der Waals surface area contributed by atoms with E-state index in [2.05, 4.69) is 21.8 Å². The maximum atomic E-state index is 13.0. The molecule has 1 unspecified atom stereocenters. The van der Waals surface area contributed by atoms with E-state index in [0.717, 1.165) is 42.7 Å². The molecule has 0 saturated carbocycles. The van der Waals surface area contributed by atoms with Gasteiger partial charge in [0.15, 0.2) is 0 Å². The molecule has 8 nitrogen and oxygen atoms in total. The molecule has 9 heteroatoms. The van der Waals surface area contributed by atoms with Crippen LogP contribution in [-0.4, -0.2) is 46.3 Å². The third kappa shape index (κ3) is 5.09. The highest BCUT2D eigenvalue weighted by Gasteiger charge is 2.28. The van der Waals surface area contributed by atoms with E-state index in [-0.39, 0.29) is 16.8 Å². The Hall–Kier alpha value is -2.78. The van der Waals surface area contributed by atoms with Crippen LogP contribution in [0.25, 0.3) is 11.0 Å². The predicted octanol–water partition coefficient (Wildman–Crippen LogP) is 3.44. The lowest BCUT2D eigenvalue weighted by Crippen LogP contribution is -2.27. The number of pyridine rings is 1. The number of hydrogen-bond acceptors (Lipinski definition) is 5. The molecule has 0 aliphatic carbocycles. The van der Waals surface area contributed by atoms with Crippen molar-refractivity contribution in [2.24, 2.45) is 0 Å². The second-order valence-corrected chi connectivity index (χ2v) is 10.5. The first kappa shape index (κ1) is 23.4. The van der Waals surface area contributed by atoms with Crippen LogP contribution in [0.4, 0.5) is 0 Å². The average Bonchev–Trinajstić information content (AvgIpc) is 3.47. The molecule has 2 aromatic heterocycles. The van der Waals surface area contributed by atoms with Gasteiger partial charge in [0.1, 0.15) is 5.82 Å². The highest BCUT2D eigenvalue weighted by Crippen LogP contribution is 2.26. The van der Waals surface area contributed by atoms with Crippen molar-refractivity contribution in [3.05, 3.63) is 54.1 Å². The lowest BCUT2D eigenvalue weighted by molar-refractivity contribution is -0.121. The zero-order valence-corrected chi connectivity index (χ0v) is 20.0. The van der Waals surface area contributed by atoms with Crippen molar-refractivity contribution in [1.82, 2.24) is 24.2 Å². The molecule has 0 spiro atoms. The summed E-state index contributed by atoms with van der Waals surface area (Å²) in [5.74, 6) is 0.741. The SMILES string of the molecule is CCCn1c(CCC(=O)NC(C)c2cccnc2)nc2cc(S(=O)(=O)N3CCCC3)ccc21. The van der Waals surface area contributed by atoms with Crippen LogP contribution in [0.1, 0.15) is 57.0 Å². The van der Waals surface area contributed by atoms with Crippen molar-refractivity contribution < 1.29 is 13.2 Å². The van der Waals surface area contributed by atoms with Crippen LogP contribution in [0.2, 0.25) is 0 Å². The Labute approximate surface area is 195 Å². The summed E-state index contributed by atoms with van der Waals surface area (Å²) in [5, 5.41) is 3.01. The lowest BCUT2D eigenvalue weighted by Gasteiger charge is -2.15. The minimum absolute atomic E-state index is 0.0567. The Bertz CT molecular complexity index is 1220. The molecule has 1 saturated heterocycles. The number of rotatable bonds is 9. The fraction of sp³-hybridized carbons (Fsp3) is 0.458. The molecule has 1 N–H and O–H groups in total. The quantitative estimate of drug-likeness (QED) is 0.518. The Morgan fingerprint density at radius 3 is 2.70 bits per heavy atom. The maximum absolute atomic E-state index is 13.0. The number of carbonyl (C=O) groups excluding carboxylic acids is 1. The summed E-state index contributed by atoms with van der Waals surface area (Å²) in [6, 6.07) is 8.85. The normalized spacial score (nSPS) is 15.7. The van der Waals surface area contributed by atoms with E-state index in [1.165, 1.54) is 0 Å². The van der Waals surface area contributed by atoms with E-state index in [1.807, 2.05) is 25.1 Å². The van der Waals surface area contributed by atoms with Crippen LogP contribution in [0.15, 0.2) is 47.6 Å². The maximum Gasteiger partial charge on any atom is 0.243 e. The van der Waals surface area contributed by atoms with Gasteiger partial charge in [0.25, 0.3) is 0 Å². The Morgan fingerprint density at radius 1 is 1.21 bits per heavy atom. The smallest absolute Gasteiger partial charge is 0.243 e. The van der Waals surface area contributed by atoms with Crippen molar-refractivity contribution >= 4 is 27.0 Å². The molecule has 1 aliphatic rings. The number of aromatic nitrogens is 3. The van der Waals surface area contributed by atoms with Crippen molar-refractivity contribution in [3.63, 3.8) is 0 Å². The van der Waals surface area contributed by atoms with E-state index in [0.29, 0.717) is 31.4 Å². The first-order valence-electron chi connectivity index (χ1n) is 11.6. The third-order valence-electron chi connectivity index (χ3n) is 6.09. The van der Waals surface area contributed by atoms with Gasteiger partial charge in [-0.05, 0) is 56.0 Å². The highest BCUT2D eigenvalue weighted by molar-refractivity contribution is 7.89. The van der Waals surface area contributed by atoms with Crippen LogP contribution in [0.3, 0.4) is 0 Å². The summed E-state index contributed by atoms with van der Waals surface area (Å²) < 4.78 is 29.6. The Kier molecular flexibility index (Phi) is 7.09. The zero-order chi connectivity index (χ0) is 23.4. The average molecular weight is 470 g/mol. The number of imidazole rings is 1. The number of sulfonamides is 1. The molecule has 0 radical (unpaired) electrons. The molecule has 0 bridgehead atoms. The predicted molar refractivity (Wildman–Crippen MR) is 127 cm³/mol. The summed E-state index contributed by atoms with van der Waals surface area (Å²) in [5.41, 5.74) is 2.51. The van der Waals surface area contributed by atoms with Crippen molar-refractivity contribution in [2.75, 3.05) is 13.1 Å². The summed E-state index contributed by atoms with van der Waals surface area (Å²) in [6.07, 6.45) is 6.95. The van der Waals surface area contributed by atoms with Gasteiger partial charge in [0, 0.05) is 44.9 Å². The van der Waals surface area contributed by atoms with Gasteiger partial charge < -0.3 is 9.88 Å². The van der Waals surface area contributed by atoms with Gasteiger partial charge in [-0.3, -0.25) is 9.78 Å². The molecule has 1 aliphatic heterocycles. The standard InChI is InChI=1S/C24H31N5O3S/c1-3-13-29-22-9-8-20(33(31,32)28-14-4-5-15-28)16-21(22)27-23(29)10-11-24(30)26-18(2)19-7-6-12-25-17-19/h6-9,12,16-18H,3-5,10-11,13-15H2,1-2H3,(H,26,30). The van der Waals surface area contributed by atoms with Crippen LogP contribution in [-0.2, 0) is 27.8 Å². The number of nitrogens with zero attached hydrogens (tertiary/aromatic N) is 4. The van der Waals surface area contributed by atoms with E-state index in [1.54, 1.807) is 28.8 Å². The Morgan fingerprint density at radius 2 is 2.00 bits per heavy atom. The molecule has 1 fully saturated rings. The van der Waals surface area contributed by atoms with E-state index in [9.17, 15) is 13.2 Å². The number of nitrogens with one attached hydrogen (secondary N) is 1. The number of carbonyl (C=O) groups is 1. The molecule has 4 rings (SSSR count). The molecule has 3 heterocycles. The second-order valence-electron chi connectivity index (χ2n) is 8.52. The molecule has 1 aromatic carbocycles. The number of aryl methyl sites for hydroxylation is 2. The van der Waals surface area contributed by atoms with Crippen LogP contribution in [0.5, 0.6) is 0 Å². The van der Waals surface area contributed by atoms with Gasteiger partial charge in [-0.15, -0.1) is 0 Å². The van der Waals surface area contributed by atoms with Crippen LogP contribution in [0, 0.1) is 0 Å². The fourth-order valence-electron chi connectivity index (χ4n) is 4.32. The van der Waals surface area contributed by atoms with E-state index >= 15 is 0 Å². The number of fused-ring (bicyclic) bond motifs is 1. The van der Waals surface area contributed by atoms with Gasteiger partial charge in [0.2, 0.25) is 15.9 Å². The van der Waals surface area contributed by atoms with Gasteiger partial charge in [-0.2, -0.15) is 4.31 Å². The van der Waals surface area contributed by atoms with Gasteiger partial charge in [-0.25, -0.2) is 13.4 Å². The summed E-state index contributed by atoms with van der Waals surface area (Å²) in [6.45, 7) is 5.93. The lowest BCUT2D eigenvalue weighted by atomic mass is 10.1. The minimum Gasteiger partial charge on any atom is -0.350 e. The first-order chi connectivity index (χ1) is 15.9. The molecular weight excluding hydrogens is 438 g/mol. The third-order valence-corrected chi connectivity index (χ3v) is 7.98. The molecule has 1 atom stereocenters. The Balaban J connectivity index is 1.51. The minimum atomic E-state index is -3.50. The summed E-state index contributed by atoms with van der Waals surface area (Å²) in [7, 11) is -3.50. The topological polar surface area (TPSA) is 97.2 Å². The monoisotopic (exact) mass is 469 g/mol. The second kappa shape index (κ2) is 10.0. The van der Waals surface area contributed by atoms with Crippen LogP contribution < -0.4 is 5.32 Å². The molecule has 3 aromatic rings. The van der Waals surface area contributed by atoms with Crippen molar-refractivity contribution in [1.29, 1.82) is 0 Å². The van der Waals surface area contributed by atoms with Gasteiger partial charge in [-0.1, -0.05) is 13.0 Å². The number of benzene rings is 1. The van der Waals surface area contributed by atoms with Crippen LogP contribution >= 0.6 is 0 Å². The summed E-state index contributed by atoms with van der Waals surface area (Å²) >= 11 is 0.